The second kappa shape index (κ2) is 18.2. The lowest BCUT2D eigenvalue weighted by atomic mass is 10.1. The van der Waals surface area contributed by atoms with Crippen molar-refractivity contribution in [1.29, 1.82) is 5.26 Å². The van der Waals surface area contributed by atoms with E-state index in [1.807, 2.05) is 51.5 Å². The van der Waals surface area contributed by atoms with E-state index in [-0.39, 0.29) is 5.82 Å². The molecule has 1 fully saturated rings. The highest BCUT2D eigenvalue weighted by Crippen LogP contribution is 2.25. The summed E-state index contributed by atoms with van der Waals surface area (Å²) < 4.78 is 15.0. The molecule has 252 valence electrons. The van der Waals surface area contributed by atoms with Crippen LogP contribution < -0.4 is 9.80 Å². The molecule has 0 radical (unpaired) electrons. The molecule has 1 atom stereocenters. The number of halogens is 1. The number of benzene rings is 2. The van der Waals surface area contributed by atoms with Gasteiger partial charge in [-0.05, 0) is 81.6 Å². The quantitative estimate of drug-likeness (QED) is 0.198. The van der Waals surface area contributed by atoms with Crippen molar-refractivity contribution in [2.45, 2.75) is 60.2 Å². The molecule has 2 aromatic carbocycles. The summed E-state index contributed by atoms with van der Waals surface area (Å²) in [6, 6.07) is 18.4. The molecule has 2 aromatic heterocycles. The summed E-state index contributed by atoms with van der Waals surface area (Å²) >= 11 is 0. The van der Waals surface area contributed by atoms with E-state index in [0.717, 1.165) is 67.7 Å². The van der Waals surface area contributed by atoms with Gasteiger partial charge in [0.2, 0.25) is 0 Å². The van der Waals surface area contributed by atoms with E-state index >= 15 is 0 Å². The molecule has 0 aliphatic carbocycles. The lowest BCUT2D eigenvalue weighted by Crippen LogP contribution is -2.53. The molecule has 5 rings (SSSR count). The third-order valence-electron chi connectivity index (χ3n) is 8.47. The van der Waals surface area contributed by atoms with Crippen molar-refractivity contribution in [3.8, 4) is 18.9 Å². The van der Waals surface area contributed by atoms with Crippen LogP contribution in [0.25, 0.3) is 0 Å². The second-order valence-corrected chi connectivity index (χ2v) is 11.6. The van der Waals surface area contributed by atoms with Gasteiger partial charge >= 0.3 is 5.97 Å². The average molecular weight is 652 g/mol. The monoisotopic (exact) mass is 651 g/mol. The van der Waals surface area contributed by atoms with Crippen LogP contribution in [0.2, 0.25) is 0 Å². The van der Waals surface area contributed by atoms with E-state index in [1.165, 1.54) is 6.07 Å². The summed E-state index contributed by atoms with van der Waals surface area (Å²) in [4.78, 5) is 27.9. The summed E-state index contributed by atoms with van der Waals surface area (Å²) in [5, 5.41) is 18.0. The topological polar surface area (TPSA) is 102 Å². The Labute approximate surface area is 284 Å². The van der Waals surface area contributed by atoms with E-state index in [0.29, 0.717) is 35.7 Å². The maximum Gasteiger partial charge on any atom is 0.335 e. The van der Waals surface area contributed by atoms with Crippen LogP contribution >= 0.6 is 0 Å². The highest BCUT2D eigenvalue weighted by molar-refractivity contribution is 5.89. The molecule has 3 heterocycles. The number of carboxylic acids is 1. The standard InChI is InChI=1S/C27H36N6O2.C9H8FN.C2H2/c1-5-30-19-28-16-24(30)18-32(25-15-23(27(34)35)10-9-20(25)2)13-11-31-12-14-33(17-22(31)4)26-8-6-7-21(3)29-26;1-2-8-4-3-7(6-11)5-9(8)10;1-2/h6-10,15-16,19,22H,5,11-14,17-18H2,1-4H3,(H,34,35);3-5H,2H2,1H3;1-2H. The first-order valence-corrected chi connectivity index (χ1v) is 16.2. The summed E-state index contributed by atoms with van der Waals surface area (Å²) in [5.74, 6) is -0.141. The average Bonchev–Trinajstić information content (AvgIpc) is 3.55. The van der Waals surface area contributed by atoms with Crippen LogP contribution in [-0.2, 0) is 19.5 Å². The number of aromatic carboxylic acids is 1. The SMILES string of the molecule is C#C.CCc1ccc(C#N)cc1F.CCn1cncc1CN(CCN1CCN(c2cccc(C)n2)CC1C)c1cc(C(=O)O)ccc1C. The molecule has 9 nitrogen and oxygen atoms in total. The van der Waals surface area contributed by atoms with Crippen molar-refractivity contribution >= 4 is 17.5 Å². The van der Waals surface area contributed by atoms with Gasteiger partial charge in [0.1, 0.15) is 11.6 Å². The zero-order chi connectivity index (χ0) is 35.2. The summed E-state index contributed by atoms with van der Waals surface area (Å²) in [6.45, 7) is 16.4. The molecule has 4 aromatic rings. The Morgan fingerprint density at radius 2 is 1.90 bits per heavy atom. The number of terminal acetylenes is 1. The zero-order valence-corrected chi connectivity index (χ0v) is 28.6. The minimum Gasteiger partial charge on any atom is -0.478 e. The first kappa shape index (κ1) is 37.3. The van der Waals surface area contributed by atoms with Crippen molar-refractivity contribution in [2.24, 2.45) is 0 Å². The molecule has 10 heteroatoms. The fraction of sp³-hybridized carbons (Fsp3) is 0.368. The van der Waals surface area contributed by atoms with Gasteiger partial charge in [-0.2, -0.15) is 5.26 Å². The second-order valence-electron chi connectivity index (χ2n) is 11.6. The number of anilines is 2. The van der Waals surface area contributed by atoms with Crippen molar-refractivity contribution < 1.29 is 14.3 Å². The Morgan fingerprint density at radius 3 is 2.52 bits per heavy atom. The fourth-order valence-corrected chi connectivity index (χ4v) is 5.72. The Hall–Kier alpha value is -5.19. The van der Waals surface area contributed by atoms with E-state index in [4.69, 9.17) is 10.2 Å². The molecule has 0 saturated carbocycles. The van der Waals surface area contributed by atoms with Crippen LogP contribution in [0, 0.1) is 43.8 Å². The zero-order valence-electron chi connectivity index (χ0n) is 28.6. The van der Waals surface area contributed by atoms with Crippen LogP contribution in [0.4, 0.5) is 15.9 Å². The number of aryl methyl sites for hydroxylation is 4. The summed E-state index contributed by atoms with van der Waals surface area (Å²) in [5.41, 5.74) is 5.54. The van der Waals surface area contributed by atoms with Gasteiger partial charge in [0, 0.05) is 62.9 Å². The number of nitriles is 1. The van der Waals surface area contributed by atoms with E-state index in [1.54, 1.807) is 24.3 Å². The first-order chi connectivity index (χ1) is 23.1. The molecule has 1 unspecified atom stereocenters. The largest absolute Gasteiger partial charge is 0.478 e. The third kappa shape index (κ3) is 9.90. The number of aromatic nitrogens is 3. The van der Waals surface area contributed by atoms with Gasteiger partial charge in [-0.1, -0.05) is 25.1 Å². The number of carboxylic acid groups (broad SMARTS) is 1. The van der Waals surface area contributed by atoms with Crippen LogP contribution in [0.3, 0.4) is 0 Å². The minimum absolute atomic E-state index is 0.286. The lowest BCUT2D eigenvalue weighted by molar-refractivity contribution is 0.0697. The number of piperazine rings is 1. The summed E-state index contributed by atoms with van der Waals surface area (Å²) in [6.07, 6.45) is 12.4. The van der Waals surface area contributed by atoms with Crippen molar-refractivity contribution in [3.63, 3.8) is 0 Å². The highest BCUT2D eigenvalue weighted by atomic mass is 19.1. The number of imidazole rings is 1. The Bertz CT molecular complexity index is 1710. The summed E-state index contributed by atoms with van der Waals surface area (Å²) in [7, 11) is 0. The maximum atomic E-state index is 12.9. The molecule has 1 aliphatic rings. The van der Waals surface area contributed by atoms with E-state index < -0.39 is 5.97 Å². The molecule has 0 bridgehead atoms. The Morgan fingerprint density at radius 1 is 1.12 bits per heavy atom. The normalized spacial score (nSPS) is 14.1. The van der Waals surface area contributed by atoms with Gasteiger partial charge in [0.05, 0.1) is 35.8 Å². The van der Waals surface area contributed by atoms with Gasteiger partial charge < -0.3 is 19.5 Å². The van der Waals surface area contributed by atoms with Crippen LogP contribution in [0.5, 0.6) is 0 Å². The lowest BCUT2D eigenvalue weighted by Gasteiger charge is -2.41. The number of pyridine rings is 1. The Kier molecular flexibility index (Phi) is 14.2. The number of hydrogen-bond donors (Lipinski definition) is 1. The molecular weight excluding hydrogens is 605 g/mol. The number of nitrogens with zero attached hydrogens (tertiary/aromatic N) is 7. The number of rotatable bonds is 10. The first-order valence-electron chi connectivity index (χ1n) is 16.2. The third-order valence-corrected chi connectivity index (χ3v) is 8.47. The van der Waals surface area contributed by atoms with Crippen molar-refractivity contribution in [1.82, 2.24) is 19.4 Å². The molecule has 0 amide bonds. The Balaban J connectivity index is 0.000000405. The smallest absolute Gasteiger partial charge is 0.335 e. The van der Waals surface area contributed by atoms with Gasteiger partial charge in [0.25, 0.3) is 0 Å². The van der Waals surface area contributed by atoms with Gasteiger partial charge in [-0.3, -0.25) is 4.90 Å². The molecular formula is C38H46FN7O2. The number of carbonyl (C=O) groups is 1. The fourth-order valence-electron chi connectivity index (χ4n) is 5.72. The predicted molar refractivity (Wildman–Crippen MR) is 190 cm³/mol. The van der Waals surface area contributed by atoms with Crippen molar-refractivity contribution in [3.05, 3.63) is 107 Å². The highest BCUT2D eigenvalue weighted by Gasteiger charge is 2.25. The molecule has 1 N–H and O–H groups in total. The van der Waals surface area contributed by atoms with Crippen LogP contribution in [-0.4, -0.2) is 69.3 Å². The van der Waals surface area contributed by atoms with Crippen LogP contribution in [0.15, 0.2) is 67.1 Å². The van der Waals surface area contributed by atoms with Crippen molar-refractivity contribution in [2.75, 3.05) is 42.5 Å². The van der Waals surface area contributed by atoms with Gasteiger partial charge in [-0.25, -0.2) is 19.2 Å². The van der Waals surface area contributed by atoms with Gasteiger partial charge in [0.15, 0.2) is 0 Å². The molecule has 1 aliphatic heterocycles. The molecule has 48 heavy (non-hydrogen) atoms. The number of hydrogen-bond acceptors (Lipinski definition) is 7. The molecule has 1 saturated heterocycles. The minimum atomic E-state index is -0.903. The van der Waals surface area contributed by atoms with E-state index in [9.17, 15) is 14.3 Å². The predicted octanol–water partition coefficient (Wildman–Crippen LogP) is 6.34. The van der Waals surface area contributed by atoms with E-state index in [2.05, 4.69) is 63.1 Å². The maximum absolute atomic E-state index is 12.9. The van der Waals surface area contributed by atoms with Crippen LogP contribution in [0.1, 0.15) is 59.2 Å². The molecule has 0 spiro atoms. The van der Waals surface area contributed by atoms with Gasteiger partial charge in [-0.15, -0.1) is 12.8 Å².